The van der Waals surface area contributed by atoms with E-state index in [0.717, 1.165) is 43.6 Å². The lowest BCUT2D eigenvalue weighted by molar-refractivity contribution is -0.112. The Morgan fingerprint density at radius 3 is 2.50 bits per heavy atom. The van der Waals surface area contributed by atoms with Gasteiger partial charge in [0.2, 0.25) is 0 Å². The van der Waals surface area contributed by atoms with Gasteiger partial charge in [-0.1, -0.05) is 26.2 Å². The van der Waals surface area contributed by atoms with Crippen molar-refractivity contribution < 1.29 is 4.79 Å². The molecule has 0 radical (unpaired) electrons. The highest BCUT2D eigenvalue weighted by Crippen LogP contribution is 2.37. The molecule has 1 saturated carbocycles. The zero-order chi connectivity index (χ0) is 11.4. The maximum absolute atomic E-state index is 10.8. The Kier molecular flexibility index (Phi) is 4.39. The van der Waals surface area contributed by atoms with Gasteiger partial charge in [0.1, 0.15) is 6.29 Å². The summed E-state index contributed by atoms with van der Waals surface area (Å²) in [4.78, 5) is 10.8. The van der Waals surface area contributed by atoms with Crippen LogP contribution in [0.15, 0.2) is 0 Å². The summed E-state index contributed by atoms with van der Waals surface area (Å²) in [7, 11) is 0. The van der Waals surface area contributed by atoms with Gasteiger partial charge in [0.05, 0.1) is 0 Å². The summed E-state index contributed by atoms with van der Waals surface area (Å²) in [5, 5.41) is 3.43. The van der Waals surface area contributed by atoms with Crippen LogP contribution in [0.2, 0.25) is 0 Å². The van der Waals surface area contributed by atoms with Crippen LogP contribution in [0, 0.1) is 23.7 Å². The van der Waals surface area contributed by atoms with Gasteiger partial charge in [-0.15, -0.1) is 0 Å². The minimum absolute atomic E-state index is 0.280. The molecular formula is C14H25NO. The molecule has 2 rings (SSSR count). The summed E-state index contributed by atoms with van der Waals surface area (Å²) in [6.45, 7) is 4.37. The second-order valence-corrected chi connectivity index (χ2v) is 5.74. The third-order valence-corrected chi connectivity index (χ3v) is 4.75. The highest BCUT2D eigenvalue weighted by Gasteiger charge is 2.30. The first-order chi connectivity index (χ1) is 7.83. The summed E-state index contributed by atoms with van der Waals surface area (Å²) in [6, 6.07) is 0. The van der Waals surface area contributed by atoms with Crippen LogP contribution in [0.3, 0.4) is 0 Å². The van der Waals surface area contributed by atoms with Gasteiger partial charge >= 0.3 is 0 Å². The topological polar surface area (TPSA) is 29.1 Å². The highest BCUT2D eigenvalue weighted by atomic mass is 16.1. The predicted octanol–water partition coefficient (Wildman–Crippen LogP) is 2.63. The second kappa shape index (κ2) is 5.81. The van der Waals surface area contributed by atoms with E-state index < -0.39 is 0 Å². The molecule has 2 heteroatoms. The van der Waals surface area contributed by atoms with Gasteiger partial charge in [-0.25, -0.2) is 0 Å². The summed E-state index contributed by atoms with van der Waals surface area (Å²) >= 11 is 0. The fraction of sp³-hybridized carbons (Fsp3) is 0.929. The van der Waals surface area contributed by atoms with Crippen molar-refractivity contribution in [2.24, 2.45) is 23.7 Å². The maximum Gasteiger partial charge on any atom is 0.124 e. The standard InChI is InChI=1S/C14H25NO/c1-2-11-3-5-13(6-4-11)14-7-12(10-16)8-15-9-14/h10-15H,2-9H2,1H3. The predicted molar refractivity (Wildman–Crippen MR) is 66.3 cm³/mol. The molecule has 2 fully saturated rings. The number of carbonyl (C=O) groups is 1. The normalized spacial score (nSPS) is 40.6. The van der Waals surface area contributed by atoms with Crippen LogP contribution in [-0.4, -0.2) is 19.4 Å². The quantitative estimate of drug-likeness (QED) is 0.745. The van der Waals surface area contributed by atoms with E-state index in [0.29, 0.717) is 0 Å². The number of rotatable bonds is 3. The van der Waals surface area contributed by atoms with Crippen molar-refractivity contribution in [3.63, 3.8) is 0 Å². The number of aldehydes is 1. The van der Waals surface area contributed by atoms with E-state index in [2.05, 4.69) is 12.2 Å². The van der Waals surface area contributed by atoms with Crippen LogP contribution in [0.5, 0.6) is 0 Å². The molecule has 2 nitrogen and oxygen atoms in total. The Morgan fingerprint density at radius 1 is 1.12 bits per heavy atom. The average molecular weight is 223 g/mol. The van der Waals surface area contributed by atoms with Crippen molar-refractivity contribution in [3.05, 3.63) is 0 Å². The van der Waals surface area contributed by atoms with Crippen molar-refractivity contribution in [2.45, 2.75) is 45.4 Å². The molecule has 1 saturated heterocycles. The zero-order valence-corrected chi connectivity index (χ0v) is 10.5. The van der Waals surface area contributed by atoms with E-state index in [-0.39, 0.29) is 5.92 Å². The molecule has 2 aliphatic rings. The number of carbonyl (C=O) groups excluding carboxylic acids is 1. The van der Waals surface area contributed by atoms with Gasteiger partial charge in [0.25, 0.3) is 0 Å². The SMILES string of the molecule is CCC1CCC(C2CNCC(C=O)C2)CC1. The minimum Gasteiger partial charge on any atom is -0.316 e. The van der Waals surface area contributed by atoms with Crippen molar-refractivity contribution in [3.8, 4) is 0 Å². The van der Waals surface area contributed by atoms with Gasteiger partial charge in [-0.3, -0.25) is 0 Å². The molecule has 0 aromatic carbocycles. The Balaban J connectivity index is 1.81. The molecule has 16 heavy (non-hydrogen) atoms. The fourth-order valence-corrected chi connectivity index (χ4v) is 3.54. The van der Waals surface area contributed by atoms with E-state index in [1.54, 1.807) is 0 Å². The molecule has 1 aliphatic heterocycles. The van der Waals surface area contributed by atoms with Gasteiger partial charge in [-0.05, 0) is 43.6 Å². The molecule has 92 valence electrons. The largest absolute Gasteiger partial charge is 0.316 e. The third-order valence-electron chi connectivity index (χ3n) is 4.75. The summed E-state index contributed by atoms with van der Waals surface area (Å²) in [6.07, 6.45) is 9.28. The van der Waals surface area contributed by atoms with Crippen LogP contribution in [0.4, 0.5) is 0 Å². The zero-order valence-electron chi connectivity index (χ0n) is 10.5. The fourth-order valence-electron chi connectivity index (χ4n) is 3.54. The van der Waals surface area contributed by atoms with Crippen molar-refractivity contribution in [1.82, 2.24) is 5.32 Å². The third kappa shape index (κ3) is 2.85. The van der Waals surface area contributed by atoms with E-state index in [1.165, 1.54) is 32.1 Å². The molecule has 1 aliphatic carbocycles. The maximum atomic E-state index is 10.8. The van der Waals surface area contributed by atoms with Gasteiger partial charge in [0, 0.05) is 12.5 Å². The molecule has 2 atom stereocenters. The van der Waals surface area contributed by atoms with Gasteiger partial charge < -0.3 is 10.1 Å². The van der Waals surface area contributed by atoms with Gasteiger partial charge in [-0.2, -0.15) is 0 Å². The lowest BCUT2D eigenvalue weighted by Gasteiger charge is -2.37. The minimum atomic E-state index is 0.280. The molecule has 0 aromatic rings. The average Bonchev–Trinajstić information content (AvgIpc) is 2.39. The molecule has 2 unspecified atom stereocenters. The first-order valence-electron chi connectivity index (χ1n) is 6.99. The monoisotopic (exact) mass is 223 g/mol. The molecule has 0 spiro atoms. The van der Waals surface area contributed by atoms with E-state index in [4.69, 9.17) is 0 Å². The summed E-state index contributed by atoms with van der Waals surface area (Å²) in [5.74, 6) is 2.91. The summed E-state index contributed by atoms with van der Waals surface area (Å²) < 4.78 is 0. The van der Waals surface area contributed by atoms with Crippen molar-refractivity contribution in [2.75, 3.05) is 13.1 Å². The lowest BCUT2D eigenvalue weighted by Crippen LogP contribution is -2.40. The molecule has 1 heterocycles. The Morgan fingerprint density at radius 2 is 1.88 bits per heavy atom. The van der Waals surface area contributed by atoms with E-state index in [9.17, 15) is 4.79 Å². The molecule has 0 bridgehead atoms. The van der Waals surface area contributed by atoms with E-state index in [1.807, 2.05) is 0 Å². The van der Waals surface area contributed by atoms with Gasteiger partial charge in [0.15, 0.2) is 0 Å². The number of hydrogen-bond acceptors (Lipinski definition) is 2. The van der Waals surface area contributed by atoms with Crippen molar-refractivity contribution in [1.29, 1.82) is 0 Å². The number of piperidine rings is 1. The Hall–Kier alpha value is -0.370. The molecule has 0 amide bonds. The van der Waals surface area contributed by atoms with Crippen molar-refractivity contribution >= 4 is 6.29 Å². The smallest absolute Gasteiger partial charge is 0.124 e. The summed E-state index contributed by atoms with van der Waals surface area (Å²) in [5.41, 5.74) is 0. The Bertz CT molecular complexity index is 221. The molecule has 0 aromatic heterocycles. The van der Waals surface area contributed by atoms with Crippen LogP contribution in [0.25, 0.3) is 0 Å². The van der Waals surface area contributed by atoms with Crippen LogP contribution < -0.4 is 5.32 Å². The first kappa shape index (κ1) is 12.1. The van der Waals surface area contributed by atoms with Crippen LogP contribution >= 0.6 is 0 Å². The number of nitrogens with one attached hydrogen (secondary N) is 1. The highest BCUT2D eigenvalue weighted by molar-refractivity contribution is 5.54. The molecular weight excluding hydrogens is 198 g/mol. The molecule has 1 N–H and O–H groups in total. The van der Waals surface area contributed by atoms with Crippen LogP contribution in [0.1, 0.15) is 45.4 Å². The number of hydrogen-bond donors (Lipinski definition) is 1. The van der Waals surface area contributed by atoms with Crippen LogP contribution in [-0.2, 0) is 4.79 Å². The Labute approximate surface area is 99.2 Å². The first-order valence-corrected chi connectivity index (χ1v) is 6.99. The second-order valence-electron chi connectivity index (χ2n) is 5.74. The van der Waals surface area contributed by atoms with E-state index >= 15 is 0 Å². The lowest BCUT2D eigenvalue weighted by atomic mass is 9.72.